The summed E-state index contributed by atoms with van der Waals surface area (Å²) in [6.45, 7) is 0.479. The highest BCUT2D eigenvalue weighted by Crippen LogP contribution is 2.20. The van der Waals surface area contributed by atoms with E-state index in [1.165, 1.54) is 18.3 Å². The molecule has 1 unspecified atom stereocenters. The highest BCUT2D eigenvalue weighted by molar-refractivity contribution is 5.76. The molecule has 2 heterocycles. The Morgan fingerprint density at radius 1 is 1.14 bits per heavy atom. The van der Waals surface area contributed by atoms with E-state index in [0.29, 0.717) is 23.5 Å². The van der Waals surface area contributed by atoms with Crippen molar-refractivity contribution in [2.45, 2.75) is 6.04 Å². The van der Waals surface area contributed by atoms with Gasteiger partial charge in [0, 0.05) is 6.54 Å². The van der Waals surface area contributed by atoms with Crippen LogP contribution in [0.2, 0.25) is 0 Å². The van der Waals surface area contributed by atoms with E-state index in [1.54, 1.807) is 16.8 Å². The van der Waals surface area contributed by atoms with Gasteiger partial charge in [-0.15, -0.1) is 0 Å². The number of aromatic amines is 1. The average Bonchev–Trinajstić information content (AvgIpc) is 3.14. The van der Waals surface area contributed by atoms with Crippen molar-refractivity contribution in [3.05, 3.63) is 82.5 Å². The number of rotatable bonds is 6. The molecule has 4 aromatic rings. The summed E-state index contributed by atoms with van der Waals surface area (Å²) < 4.78 is 14.9. The molecule has 0 saturated heterocycles. The number of aromatic nitrogens is 4. The van der Waals surface area contributed by atoms with Crippen molar-refractivity contribution in [1.82, 2.24) is 24.6 Å². The molecule has 0 spiro atoms. The van der Waals surface area contributed by atoms with Crippen LogP contribution in [0.4, 0.5) is 10.3 Å². The maximum Gasteiger partial charge on any atom is 0.263 e. The Hall–Kier alpha value is -3.52. The van der Waals surface area contributed by atoms with Crippen molar-refractivity contribution >= 4 is 17.0 Å². The van der Waals surface area contributed by atoms with Gasteiger partial charge in [-0.05, 0) is 43.9 Å². The molecule has 2 aromatic carbocycles. The number of fused-ring (bicyclic) bond motifs is 1. The molecule has 2 N–H and O–H groups in total. The summed E-state index contributed by atoms with van der Waals surface area (Å²) in [6.07, 6.45) is 1.51. The number of nitrogens with one attached hydrogen (secondary N) is 2. The van der Waals surface area contributed by atoms with Crippen LogP contribution in [0.25, 0.3) is 16.7 Å². The van der Waals surface area contributed by atoms with Gasteiger partial charge < -0.3 is 10.2 Å². The summed E-state index contributed by atoms with van der Waals surface area (Å²) >= 11 is 0. The minimum atomic E-state index is -0.273. The highest BCUT2D eigenvalue weighted by atomic mass is 19.1. The van der Waals surface area contributed by atoms with Crippen molar-refractivity contribution in [2.75, 3.05) is 26.0 Å². The fourth-order valence-electron chi connectivity index (χ4n) is 3.24. The van der Waals surface area contributed by atoms with Crippen LogP contribution in [0, 0.1) is 5.82 Å². The molecule has 148 valence electrons. The molecular formula is C21H21FN6O. The van der Waals surface area contributed by atoms with Crippen LogP contribution in [-0.2, 0) is 0 Å². The molecular weight excluding hydrogens is 371 g/mol. The van der Waals surface area contributed by atoms with Gasteiger partial charge in [-0.1, -0.05) is 30.3 Å². The third-order valence-electron chi connectivity index (χ3n) is 4.78. The first-order valence-corrected chi connectivity index (χ1v) is 9.22. The summed E-state index contributed by atoms with van der Waals surface area (Å²) in [6, 6.07) is 15.9. The largest absolute Gasteiger partial charge is 0.354 e. The van der Waals surface area contributed by atoms with Gasteiger partial charge in [-0.3, -0.25) is 9.78 Å². The zero-order chi connectivity index (χ0) is 20.4. The first-order chi connectivity index (χ1) is 14.0. The monoisotopic (exact) mass is 392 g/mol. The Bertz CT molecular complexity index is 1170. The lowest BCUT2D eigenvalue weighted by Gasteiger charge is -2.25. The van der Waals surface area contributed by atoms with E-state index in [2.05, 4.69) is 20.4 Å². The zero-order valence-electron chi connectivity index (χ0n) is 16.1. The second kappa shape index (κ2) is 7.84. The summed E-state index contributed by atoms with van der Waals surface area (Å²) in [5.74, 6) is 0.0824. The van der Waals surface area contributed by atoms with Gasteiger partial charge in [0.15, 0.2) is 5.65 Å². The van der Waals surface area contributed by atoms with Gasteiger partial charge in [0.2, 0.25) is 5.95 Å². The molecule has 0 bridgehead atoms. The van der Waals surface area contributed by atoms with Crippen molar-refractivity contribution < 1.29 is 4.39 Å². The Morgan fingerprint density at radius 2 is 1.86 bits per heavy atom. The lowest BCUT2D eigenvalue weighted by atomic mass is 10.1. The number of likely N-dealkylation sites (N-methyl/N-ethyl adjacent to an activating group) is 1. The first-order valence-electron chi connectivity index (χ1n) is 9.22. The first kappa shape index (κ1) is 18.8. The second-order valence-electron chi connectivity index (χ2n) is 6.96. The number of hydrogen-bond donors (Lipinski definition) is 2. The minimum Gasteiger partial charge on any atom is -0.354 e. The van der Waals surface area contributed by atoms with E-state index in [4.69, 9.17) is 0 Å². The van der Waals surface area contributed by atoms with Crippen molar-refractivity contribution in [1.29, 1.82) is 0 Å². The van der Waals surface area contributed by atoms with Gasteiger partial charge in [0.05, 0.1) is 17.9 Å². The fraction of sp³-hybridized carbons (Fsp3) is 0.190. The number of halogens is 1. The lowest BCUT2D eigenvalue weighted by Crippen LogP contribution is -2.28. The van der Waals surface area contributed by atoms with E-state index < -0.39 is 0 Å². The number of benzene rings is 2. The summed E-state index contributed by atoms with van der Waals surface area (Å²) in [5, 5.41) is 7.93. The van der Waals surface area contributed by atoms with Crippen molar-refractivity contribution in [3.8, 4) is 5.69 Å². The molecule has 0 amide bonds. The predicted octanol–water partition coefficient (Wildman–Crippen LogP) is 2.96. The molecule has 0 saturated carbocycles. The number of H-pyrrole nitrogens is 1. The van der Waals surface area contributed by atoms with E-state index in [9.17, 15) is 9.18 Å². The lowest BCUT2D eigenvalue weighted by molar-refractivity contribution is 0.311. The van der Waals surface area contributed by atoms with Gasteiger partial charge in [0.25, 0.3) is 5.56 Å². The number of para-hydroxylation sites is 1. The Labute approximate surface area is 166 Å². The third-order valence-corrected chi connectivity index (χ3v) is 4.78. The SMILES string of the molecule is CN(C)C(CNc1nc2c(cnn2-c2ccccc2)c(=O)[nH]1)c1ccc(F)cc1. The quantitative estimate of drug-likeness (QED) is 0.527. The molecule has 7 nitrogen and oxygen atoms in total. The smallest absolute Gasteiger partial charge is 0.263 e. The highest BCUT2D eigenvalue weighted by Gasteiger charge is 2.16. The zero-order valence-corrected chi connectivity index (χ0v) is 16.1. The van der Waals surface area contributed by atoms with E-state index in [-0.39, 0.29) is 17.4 Å². The third kappa shape index (κ3) is 3.88. The number of anilines is 1. The van der Waals surface area contributed by atoms with E-state index >= 15 is 0 Å². The van der Waals surface area contributed by atoms with Crippen LogP contribution < -0.4 is 10.9 Å². The van der Waals surface area contributed by atoms with Gasteiger partial charge in [-0.2, -0.15) is 10.1 Å². The van der Waals surface area contributed by atoms with Gasteiger partial charge in [0.1, 0.15) is 11.2 Å². The maximum absolute atomic E-state index is 13.3. The van der Waals surface area contributed by atoms with Crippen molar-refractivity contribution in [3.63, 3.8) is 0 Å². The van der Waals surface area contributed by atoms with Crippen LogP contribution in [0.5, 0.6) is 0 Å². The summed E-state index contributed by atoms with van der Waals surface area (Å²) in [5.41, 5.74) is 2.00. The molecule has 0 aliphatic carbocycles. The molecule has 1 atom stereocenters. The van der Waals surface area contributed by atoms with Gasteiger partial charge >= 0.3 is 0 Å². The number of nitrogens with zero attached hydrogens (tertiary/aromatic N) is 4. The molecule has 0 radical (unpaired) electrons. The molecule has 0 fully saturated rings. The average molecular weight is 392 g/mol. The van der Waals surface area contributed by atoms with Gasteiger partial charge in [-0.25, -0.2) is 9.07 Å². The molecule has 29 heavy (non-hydrogen) atoms. The molecule has 8 heteroatoms. The normalized spacial score (nSPS) is 12.4. The topological polar surface area (TPSA) is 78.8 Å². The van der Waals surface area contributed by atoms with Crippen LogP contribution in [-0.4, -0.2) is 45.3 Å². The van der Waals surface area contributed by atoms with Crippen LogP contribution >= 0.6 is 0 Å². The molecule has 4 rings (SSSR count). The molecule has 0 aliphatic heterocycles. The van der Waals surface area contributed by atoms with Crippen LogP contribution in [0.15, 0.2) is 65.6 Å². The second-order valence-corrected chi connectivity index (χ2v) is 6.96. The van der Waals surface area contributed by atoms with Crippen molar-refractivity contribution in [2.24, 2.45) is 0 Å². The fourth-order valence-corrected chi connectivity index (χ4v) is 3.24. The van der Waals surface area contributed by atoms with Crippen LogP contribution in [0.1, 0.15) is 11.6 Å². The van der Waals surface area contributed by atoms with E-state index in [0.717, 1.165) is 11.3 Å². The van der Waals surface area contributed by atoms with E-state index in [1.807, 2.05) is 49.3 Å². The summed E-state index contributed by atoms with van der Waals surface area (Å²) in [7, 11) is 3.89. The number of hydrogen-bond acceptors (Lipinski definition) is 5. The summed E-state index contributed by atoms with van der Waals surface area (Å²) in [4.78, 5) is 21.8. The molecule has 0 aliphatic rings. The Balaban J connectivity index is 1.64. The minimum absolute atomic E-state index is 0.0318. The molecule has 2 aromatic heterocycles. The Kier molecular flexibility index (Phi) is 5.09. The maximum atomic E-state index is 13.3. The predicted molar refractivity (Wildman–Crippen MR) is 111 cm³/mol. The van der Waals surface area contributed by atoms with Crippen LogP contribution in [0.3, 0.4) is 0 Å². The standard InChI is InChI=1S/C21H21FN6O/c1-27(2)18(14-8-10-15(22)11-9-14)13-23-21-25-19-17(20(29)26-21)12-24-28(19)16-6-4-3-5-7-16/h3-12,18H,13H2,1-2H3,(H2,23,25,26,29). The Morgan fingerprint density at radius 3 is 2.55 bits per heavy atom.